The fourth-order valence-electron chi connectivity index (χ4n) is 3.89. The molecule has 0 fully saturated rings. The van der Waals surface area contributed by atoms with E-state index in [9.17, 15) is 14.4 Å². The van der Waals surface area contributed by atoms with E-state index in [1.54, 1.807) is 24.3 Å². The maximum absolute atomic E-state index is 13.0. The number of carbonyl (C=O) groups is 3. The molecule has 0 saturated heterocycles. The van der Waals surface area contributed by atoms with Gasteiger partial charge in [-0.05, 0) is 30.9 Å². The summed E-state index contributed by atoms with van der Waals surface area (Å²) in [4.78, 5) is 39.7. The lowest BCUT2D eigenvalue weighted by molar-refractivity contribution is -0.125. The molecule has 2 aliphatic heterocycles. The third kappa shape index (κ3) is 3.08. The Labute approximate surface area is 162 Å². The highest BCUT2D eigenvalue weighted by Crippen LogP contribution is 2.27. The third-order valence-corrected chi connectivity index (χ3v) is 5.24. The number of carbonyl (C=O) groups excluding carboxylic acids is 3. The lowest BCUT2D eigenvalue weighted by Crippen LogP contribution is -2.50. The summed E-state index contributed by atoms with van der Waals surface area (Å²) < 4.78 is 2.01. The SMILES string of the molecule is CC(C)C[C@H](C(=O)NCc1nnc2n1CCC2)N1C(=O)c2ccccc2C1=O. The Kier molecular flexibility index (Phi) is 4.70. The van der Waals surface area contributed by atoms with Gasteiger partial charge < -0.3 is 9.88 Å². The Balaban J connectivity index is 1.54. The van der Waals surface area contributed by atoms with E-state index >= 15 is 0 Å². The van der Waals surface area contributed by atoms with Crippen LogP contribution in [0.1, 0.15) is 59.1 Å². The van der Waals surface area contributed by atoms with Crippen molar-refractivity contribution in [3.8, 4) is 0 Å². The average molecular weight is 381 g/mol. The van der Waals surface area contributed by atoms with E-state index in [2.05, 4.69) is 15.5 Å². The third-order valence-electron chi connectivity index (χ3n) is 5.24. The highest BCUT2D eigenvalue weighted by Gasteiger charge is 2.42. The quantitative estimate of drug-likeness (QED) is 0.766. The summed E-state index contributed by atoms with van der Waals surface area (Å²) in [6.07, 6.45) is 2.32. The van der Waals surface area contributed by atoms with Crippen molar-refractivity contribution >= 4 is 17.7 Å². The fraction of sp³-hybridized carbons (Fsp3) is 0.450. The van der Waals surface area contributed by atoms with Crippen LogP contribution in [-0.4, -0.2) is 43.4 Å². The van der Waals surface area contributed by atoms with Gasteiger partial charge in [0.1, 0.15) is 11.9 Å². The van der Waals surface area contributed by atoms with Crippen LogP contribution in [0.15, 0.2) is 24.3 Å². The second-order valence-corrected chi connectivity index (χ2v) is 7.68. The summed E-state index contributed by atoms with van der Waals surface area (Å²) in [6.45, 7) is 5.00. The molecule has 1 N–H and O–H groups in total. The van der Waals surface area contributed by atoms with E-state index in [1.807, 2.05) is 18.4 Å². The number of nitrogens with one attached hydrogen (secondary N) is 1. The van der Waals surface area contributed by atoms with Gasteiger partial charge in [-0.25, -0.2) is 0 Å². The molecule has 0 unspecified atom stereocenters. The zero-order valence-corrected chi connectivity index (χ0v) is 16.0. The molecular formula is C20H23N5O3. The molecule has 146 valence electrons. The molecular weight excluding hydrogens is 358 g/mol. The smallest absolute Gasteiger partial charge is 0.262 e. The number of fused-ring (bicyclic) bond motifs is 2. The predicted molar refractivity (Wildman–Crippen MR) is 100 cm³/mol. The van der Waals surface area contributed by atoms with E-state index < -0.39 is 17.9 Å². The minimum Gasteiger partial charge on any atom is -0.347 e. The monoisotopic (exact) mass is 381 g/mol. The minimum absolute atomic E-state index is 0.136. The van der Waals surface area contributed by atoms with Crippen molar-refractivity contribution in [2.24, 2.45) is 5.92 Å². The Bertz CT molecular complexity index is 914. The van der Waals surface area contributed by atoms with Gasteiger partial charge in [-0.2, -0.15) is 0 Å². The number of benzene rings is 1. The van der Waals surface area contributed by atoms with Crippen LogP contribution in [0.5, 0.6) is 0 Å². The summed E-state index contributed by atoms with van der Waals surface area (Å²) in [7, 11) is 0. The summed E-state index contributed by atoms with van der Waals surface area (Å²) in [6, 6.07) is 5.83. The van der Waals surface area contributed by atoms with Crippen molar-refractivity contribution in [2.75, 3.05) is 0 Å². The average Bonchev–Trinajstić information content (AvgIpc) is 3.34. The Hall–Kier alpha value is -3.03. The van der Waals surface area contributed by atoms with Crippen LogP contribution >= 0.6 is 0 Å². The Morgan fingerprint density at radius 3 is 2.46 bits per heavy atom. The highest BCUT2D eigenvalue weighted by molar-refractivity contribution is 6.22. The molecule has 0 radical (unpaired) electrons. The summed E-state index contributed by atoms with van der Waals surface area (Å²) in [5, 5.41) is 11.1. The topological polar surface area (TPSA) is 97.2 Å². The van der Waals surface area contributed by atoms with Crippen LogP contribution in [0, 0.1) is 5.92 Å². The molecule has 1 aromatic heterocycles. The molecule has 28 heavy (non-hydrogen) atoms. The maximum Gasteiger partial charge on any atom is 0.262 e. The van der Waals surface area contributed by atoms with E-state index in [0.717, 1.165) is 30.1 Å². The normalized spacial score (nSPS) is 16.5. The first-order valence-electron chi connectivity index (χ1n) is 9.63. The van der Waals surface area contributed by atoms with E-state index in [1.165, 1.54) is 0 Å². The van der Waals surface area contributed by atoms with Crippen LogP contribution in [0.4, 0.5) is 0 Å². The van der Waals surface area contributed by atoms with Gasteiger partial charge in [0.2, 0.25) is 5.91 Å². The lowest BCUT2D eigenvalue weighted by atomic mass is 10.0. The number of nitrogens with zero attached hydrogens (tertiary/aromatic N) is 4. The number of aryl methyl sites for hydroxylation is 1. The molecule has 1 aromatic carbocycles. The number of imide groups is 1. The standard InChI is InChI=1S/C20H23N5O3/c1-12(2)10-15(25-19(27)13-6-3-4-7-14(13)20(25)28)18(26)21-11-17-23-22-16-8-5-9-24(16)17/h3-4,6-7,12,15H,5,8-11H2,1-2H3,(H,21,26)/t15-/m1/s1. The molecule has 8 heteroatoms. The van der Waals surface area contributed by atoms with Crippen LogP contribution in [0.2, 0.25) is 0 Å². The molecule has 4 rings (SSSR count). The lowest BCUT2D eigenvalue weighted by Gasteiger charge is -2.26. The molecule has 3 heterocycles. The van der Waals surface area contributed by atoms with Gasteiger partial charge in [0.15, 0.2) is 5.82 Å². The van der Waals surface area contributed by atoms with E-state index in [4.69, 9.17) is 0 Å². The predicted octanol–water partition coefficient (Wildman–Crippen LogP) is 1.55. The van der Waals surface area contributed by atoms with Gasteiger partial charge in [0.25, 0.3) is 11.8 Å². The Morgan fingerprint density at radius 2 is 1.82 bits per heavy atom. The van der Waals surface area contributed by atoms with Gasteiger partial charge >= 0.3 is 0 Å². The fourth-order valence-corrected chi connectivity index (χ4v) is 3.89. The van der Waals surface area contributed by atoms with Crippen LogP contribution in [0.25, 0.3) is 0 Å². The molecule has 3 amide bonds. The first-order valence-corrected chi connectivity index (χ1v) is 9.63. The van der Waals surface area contributed by atoms with Crippen molar-refractivity contribution in [3.05, 3.63) is 47.0 Å². The Morgan fingerprint density at radius 1 is 1.14 bits per heavy atom. The second kappa shape index (κ2) is 7.18. The molecule has 8 nitrogen and oxygen atoms in total. The van der Waals surface area contributed by atoms with Gasteiger partial charge in [0.05, 0.1) is 17.7 Å². The number of amides is 3. The van der Waals surface area contributed by atoms with Crippen molar-refractivity contribution < 1.29 is 14.4 Å². The number of hydrogen-bond acceptors (Lipinski definition) is 5. The largest absolute Gasteiger partial charge is 0.347 e. The number of aromatic nitrogens is 3. The molecule has 0 saturated carbocycles. The zero-order valence-electron chi connectivity index (χ0n) is 16.0. The molecule has 2 aliphatic rings. The molecule has 0 bridgehead atoms. The van der Waals surface area contributed by atoms with Gasteiger partial charge in [-0.3, -0.25) is 19.3 Å². The van der Waals surface area contributed by atoms with Crippen molar-refractivity contribution in [1.29, 1.82) is 0 Å². The molecule has 1 atom stereocenters. The highest BCUT2D eigenvalue weighted by atomic mass is 16.2. The van der Waals surface area contributed by atoms with Crippen molar-refractivity contribution in [3.63, 3.8) is 0 Å². The molecule has 0 spiro atoms. The van der Waals surface area contributed by atoms with Gasteiger partial charge in [-0.15, -0.1) is 10.2 Å². The van der Waals surface area contributed by atoms with Crippen molar-refractivity contribution in [1.82, 2.24) is 25.0 Å². The van der Waals surface area contributed by atoms with Crippen LogP contribution < -0.4 is 5.32 Å². The first kappa shape index (κ1) is 18.3. The second-order valence-electron chi connectivity index (χ2n) is 7.68. The molecule has 0 aliphatic carbocycles. The van der Waals surface area contributed by atoms with E-state index in [-0.39, 0.29) is 18.4 Å². The number of hydrogen-bond donors (Lipinski definition) is 1. The number of rotatable bonds is 6. The summed E-state index contributed by atoms with van der Waals surface area (Å²) >= 11 is 0. The van der Waals surface area contributed by atoms with Gasteiger partial charge in [0, 0.05) is 13.0 Å². The van der Waals surface area contributed by atoms with E-state index in [0.29, 0.717) is 23.4 Å². The summed E-state index contributed by atoms with van der Waals surface area (Å²) in [5.41, 5.74) is 0.702. The van der Waals surface area contributed by atoms with Crippen LogP contribution in [-0.2, 0) is 24.3 Å². The van der Waals surface area contributed by atoms with Crippen LogP contribution in [0.3, 0.4) is 0 Å². The first-order chi connectivity index (χ1) is 13.5. The van der Waals surface area contributed by atoms with Crippen molar-refractivity contribution in [2.45, 2.75) is 52.2 Å². The van der Waals surface area contributed by atoms with Gasteiger partial charge in [-0.1, -0.05) is 26.0 Å². The zero-order chi connectivity index (χ0) is 19.8. The maximum atomic E-state index is 13.0. The minimum atomic E-state index is -0.853. The molecule has 2 aromatic rings. The summed E-state index contributed by atoms with van der Waals surface area (Å²) in [5.74, 6) is 0.598.